The van der Waals surface area contributed by atoms with Crippen molar-refractivity contribution in [2.75, 3.05) is 11.1 Å². The van der Waals surface area contributed by atoms with Crippen molar-refractivity contribution in [3.05, 3.63) is 88.6 Å². The number of rotatable bonds is 6. The van der Waals surface area contributed by atoms with Crippen LogP contribution < -0.4 is 10.9 Å². The first-order valence-electron chi connectivity index (χ1n) is 10.0. The van der Waals surface area contributed by atoms with E-state index in [0.29, 0.717) is 22.0 Å². The maximum atomic E-state index is 13.3. The van der Waals surface area contributed by atoms with Crippen LogP contribution >= 0.6 is 11.8 Å². The van der Waals surface area contributed by atoms with Crippen LogP contribution in [-0.4, -0.2) is 21.2 Å². The lowest BCUT2D eigenvalue weighted by atomic mass is 10.2. The molecule has 0 aliphatic rings. The zero-order chi connectivity index (χ0) is 22.1. The number of hydrogen-bond acceptors (Lipinski definition) is 6. The van der Waals surface area contributed by atoms with E-state index < -0.39 is 0 Å². The highest BCUT2D eigenvalue weighted by Gasteiger charge is 2.19. The molecule has 0 fully saturated rings. The molecule has 5 aromatic rings. The van der Waals surface area contributed by atoms with E-state index >= 15 is 0 Å². The lowest BCUT2D eigenvalue weighted by Gasteiger charge is -2.11. The number of fused-ring (bicyclic) bond motifs is 3. The number of furan rings is 2. The average Bonchev–Trinajstić information content (AvgIpc) is 3.42. The summed E-state index contributed by atoms with van der Waals surface area (Å²) in [4.78, 5) is 30.6. The molecule has 160 valence electrons. The maximum Gasteiger partial charge on any atom is 0.298 e. The number of aryl methyl sites for hydroxylation is 1. The number of carbonyl (C=O) groups excluding carboxylic acids is 1. The minimum Gasteiger partial charge on any atom is -0.467 e. The van der Waals surface area contributed by atoms with Crippen LogP contribution in [0.25, 0.3) is 22.1 Å². The Kier molecular flexibility index (Phi) is 5.28. The van der Waals surface area contributed by atoms with Crippen molar-refractivity contribution in [1.29, 1.82) is 0 Å². The number of carbonyl (C=O) groups is 1. The van der Waals surface area contributed by atoms with Crippen LogP contribution in [0.1, 0.15) is 11.3 Å². The van der Waals surface area contributed by atoms with Crippen molar-refractivity contribution in [2.45, 2.75) is 18.6 Å². The van der Waals surface area contributed by atoms with Gasteiger partial charge in [0, 0.05) is 11.1 Å². The molecule has 3 aromatic heterocycles. The van der Waals surface area contributed by atoms with Crippen LogP contribution in [0.3, 0.4) is 0 Å². The van der Waals surface area contributed by atoms with E-state index in [4.69, 9.17) is 13.8 Å². The Morgan fingerprint density at radius 3 is 2.81 bits per heavy atom. The van der Waals surface area contributed by atoms with Crippen LogP contribution in [0.2, 0.25) is 0 Å². The van der Waals surface area contributed by atoms with Crippen LogP contribution in [0.4, 0.5) is 5.69 Å². The van der Waals surface area contributed by atoms with Crippen molar-refractivity contribution in [3.63, 3.8) is 0 Å². The lowest BCUT2D eigenvalue weighted by Crippen LogP contribution is -2.24. The van der Waals surface area contributed by atoms with Gasteiger partial charge in [-0.25, -0.2) is 4.98 Å². The van der Waals surface area contributed by atoms with Gasteiger partial charge in [-0.15, -0.1) is 0 Å². The molecule has 0 unspecified atom stereocenters. The Labute approximate surface area is 187 Å². The molecule has 5 rings (SSSR count). The summed E-state index contributed by atoms with van der Waals surface area (Å²) in [5.41, 5.74) is 2.74. The molecular formula is C24H19N3O4S. The van der Waals surface area contributed by atoms with Gasteiger partial charge in [0.25, 0.3) is 5.56 Å². The van der Waals surface area contributed by atoms with E-state index in [0.717, 1.165) is 16.6 Å². The third-order valence-electron chi connectivity index (χ3n) is 4.98. The highest BCUT2D eigenvalue weighted by atomic mass is 32.2. The fourth-order valence-electron chi connectivity index (χ4n) is 3.51. The van der Waals surface area contributed by atoms with Gasteiger partial charge in [0.05, 0.1) is 18.6 Å². The van der Waals surface area contributed by atoms with Gasteiger partial charge in [-0.2, -0.15) is 0 Å². The molecule has 8 heteroatoms. The summed E-state index contributed by atoms with van der Waals surface area (Å²) >= 11 is 1.20. The second-order valence-electron chi connectivity index (χ2n) is 7.35. The van der Waals surface area contributed by atoms with Gasteiger partial charge in [0.2, 0.25) is 11.5 Å². The number of nitrogens with one attached hydrogen (secondary N) is 1. The maximum absolute atomic E-state index is 13.3. The zero-order valence-electron chi connectivity index (χ0n) is 17.2. The number of benzene rings is 2. The number of thioether (sulfide) groups is 1. The van der Waals surface area contributed by atoms with Gasteiger partial charge < -0.3 is 14.2 Å². The third kappa shape index (κ3) is 3.92. The van der Waals surface area contributed by atoms with Crippen molar-refractivity contribution in [2.24, 2.45) is 0 Å². The summed E-state index contributed by atoms with van der Waals surface area (Å²) in [6.45, 7) is 2.15. The molecule has 7 nitrogen and oxygen atoms in total. The minimum atomic E-state index is -0.316. The van der Waals surface area contributed by atoms with E-state index in [-0.39, 0.29) is 29.3 Å². The van der Waals surface area contributed by atoms with Gasteiger partial charge >= 0.3 is 0 Å². The molecule has 0 aliphatic carbocycles. The van der Waals surface area contributed by atoms with Gasteiger partial charge in [0.15, 0.2) is 5.16 Å². The molecule has 2 aromatic carbocycles. The number of nitrogens with zero attached hydrogens (tertiary/aromatic N) is 2. The van der Waals surface area contributed by atoms with Crippen molar-refractivity contribution in [1.82, 2.24) is 9.55 Å². The first kappa shape index (κ1) is 20.1. The molecule has 0 atom stereocenters. The number of hydrogen-bond donors (Lipinski definition) is 1. The first-order valence-corrected chi connectivity index (χ1v) is 11.0. The SMILES string of the molecule is Cc1cccc(NC(=O)CSc2nc3c(oc4ccccc43)c(=O)n2Cc2ccco2)c1. The monoisotopic (exact) mass is 445 g/mol. The largest absolute Gasteiger partial charge is 0.467 e. The number of aromatic nitrogens is 2. The smallest absolute Gasteiger partial charge is 0.298 e. The Hall–Kier alpha value is -3.78. The number of anilines is 1. The van der Waals surface area contributed by atoms with Gasteiger partial charge in [-0.05, 0) is 48.9 Å². The van der Waals surface area contributed by atoms with E-state index in [9.17, 15) is 9.59 Å². The summed E-state index contributed by atoms with van der Waals surface area (Å²) in [5.74, 6) is 0.520. The Balaban J connectivity index is 1.50. The quantitative estimate of drug-likeness (QED) is 0.298. The highest BCUT2D eigenvalue weighted by Crippen LogP contribution is 2.27. The predicted molar refractivity (Wildman–Crippen MR) is 124 cm³/mol. The molecular weight excluding hydrogens is 426 g/mol. The van der Waals surface area contributed by atoms with Gasteiger partial charge in [-0.3, -0.25) is 14.2 Å². The van der Waals surface area contributed by atoms with E-state index in [1.54, 1.807) is 24.5 Å². The second-order valence-corrected chi connectivity index (χ2v) is 8.29. The minimum absolute atomic E-state index is 0.0971. The average molecular weight is 446 g/mol. The summed E-state index contributed by atoms with van der Waals surface area (Å²) in [7, 11) is 0. The van der Waals surface area contributed by atoms with Crippen LogP contribution in [0.5, 0.6) is 0 Å². The molecule has 3 heterocycles. The normalized spacial score (nSPS) is 11.3. The third-order valence-corrected chi connectivity index (χ3v) is 5.95. The number of amides is 1. The molecule has 32 heavy (non-hydrogen) atoms. The Morgan fingerprint density at radius 2 is 2.00 bits per heavy atom. The molecule has 1 N–H and O–H groups in total. The van der Waals surface area contributed by atoms with Crippen LogP contribution in [0.15, 0.2) is 85.7 Å². The fourth-order valence-corrected chi connectivity index (χ4v) is 4.30. The summed E-state index contributed by atoms with van der Waals surface area (Å²) in [6, 6.07) is 18.5. The lowest BCUT2D eigenvalue weighted by molar-refractivity contribution is -0.113. The molecule has 0 bridgehead atoms. The van der Waals surface area contributed by atoms with Gasteiger partial charge in [-0.1, -0.05) is 36.0 Å². The summed E-state index contributed by atoms with van der Waals surface area (Å²) < 4.78 is 12.7. The summed E-state index contributed by atoms with van der Waals surface area (Å²) in [6.07, 6.45) is 1.55. The standard InChI is InChI=1S/C24H19N3O4S/c1-15-6-4-7-16(12-15)25-20(28)14-32-24-26-21-18-9-2-3-10-19(18)31-22(21)23(29)27(24)13-17-8-5-11-30-17/h2-12H,13-14H2,1H3,(H,25,28). The zero-order valence-corrected chi connectivity index (χ0v) is 18.0. The Bertz CT molecular complexity index is 1480. The molecule has 0 spiro atoms. The van der Waals surface area contributed by atoms with E-state index in [2.05, 4.69) is 5.32 Å². The van der Waals surface area contributed by atoms with Crippen molar-refractivity contribution >= 4 is 45.4 Å². The fraction of sp³-hybridized carbons (Fsp3) is 0.125. The first-order chi connectivity index (χ1) is 15.6. The molecule has 0 saturated heterocycles. The van der Waals surface area contributed by atoms with Gasteiger partial charge in [0.1, 0.15) is 16.9 Å². The van der Waals surface area contributed by atoms with Crippen molar-refractivity contribution in [3.8, 4) is 0 Å². The molecule has 0 saturated carbocycles. The summed E-state index contributed by atoms with van der Waals surface area (Å²) in [5, 5.41) is 4.06. The molecule has 1 amide bonds. The second kappa shape index (κ2) is 8.39. The highest BCUT2D eigenvalue weighted by molar-refractivity contribution is 7.99. The van der Waals surface area contributed by atoms with E-state index in [1.165, 1.54) is 16.3 Å². The topological polar surface area (TPSA) is 90.3 Å². The molecule has 0 radical (unpaired) electrons. The predicted octanol–water partition coefficient (Wildman–Crippen LogP) is 4.82. The van der Waals surface area contributed by atoms with E-state index in [1.807, 2.05) is 49.4 Å². The van der Waals surface area contributed by atoms with Crippen LogP contribution in [0, 0.1) is 6.92 Å². The number of para-hydroxylation sites is 1. The Morgan fingerprint density at radius 1 is 1.12 bits per heavy atom. The van der Waals surface area contributed by atoms with Crippen LogP contribution in [-0.2, 0) is 11.3 Å². The van der Waals surface area contributed by atoms with Crippen molar-refractivity contribution < 1.29 is 13.6 Å². The molecule has 0 aliphatic heterocycles.